The van der Waals surface area contributed by atoms with Crippen LogP contribution in [0.5, 0.6) is 0 Å². The molecule has 2 fully saturated rings. The fourth-order valence-electron chi connectivity index (χ4n) is 4.76. The molecule has 0 radical (unpaired) electrons. The Kier molecular flexibility index (Phi) is 6.07. The first-order valence-corrected chi connectivity index (χ1v) is 12.1. The Balaban J connectivity index is 1.38. The van der Waals surface area contributed by atoms with Gasteiger partial charge in [-0.3, -0.25) is 19.1 Å². The van der Waals surface area contributed by atoms with Crippen molar-refractivity contribution < 1.29 is 4.79 Å². The lowest BCUT2D eigenvalue weighted by Gasteiger charge is -2.41. The molecule has 1 amide bonds. The average Bonchev–Trinajstić information content (AvgIpc) is 2.73. The summed E-state index contributed by atoms with van der Waals surface area (Å²) in [4.78, 5) is 35.1. The molecule has 3 aliphatic rings. The highest BCUT2D eigenvalue weighted by Gasteiger charge is 2.33. The monoisotopic (exact) mass is 418 g/mol. The molecule has 160 valence electrons. The van der Waals surface area contributed by atoms with Crippen molar-refractivity contribution in [3.05, 3.63) is 22.1 Å². The predicted octanol–water partition coefficient (Wildman–Crippen LogP) is 2.74. The summed E-state index contributed by atoms with van der Waals surface area (Å²) in [7, 11) is 0. The van der Waals surface area contributed by atoms with Crippen LogP contribution in [-0.2, 0) is 16.8 Å². The van der Waals surface area contributed by atoms with Crippen LogP contribution in [0, 0.1) is 5.92 Å². The van der Waals surface area contributed by atoms with Crippen molar-refractivity contribution in [3.8, 4) is 0 Å². The second-order valence-electron chi connectivity index (χ2n) is 9.78. The van der Waals surface area contributed by atoms with Crippen molar-refractivity contribution in [3.63, 3.8) is 0 Å². The molecular weight excluding hydrogens is 384 g/mol. The molecule has 0 N–H and O–H groups in total. The number of aromatic nitrogens is 2. The molecule has 0 aromatic carbocycles. The van der Waals surface area contributed by atoms with E-state index in [2.05, 4.69) is 25.7 Å². The van der Waals surface area contributed by atoms with Gasteiger partial charge in [0, 0.05) is 56.0 Å². The zero-order chi connectivity index (χ0) is 20.6. The summed E-state index contributed by atoms with van der Waals surface area (Å²) in [5.74, 6) is 0.786. The van der Waals surface area contributed by atoms with E-state index in [1.807, 2.05) is 4.90 Å². The molecule has 2 aliphatic heterocycles. The number of piperazine rings is 1. The first-order valence-electron chi connectivity index (χ1n) is 11.1. The molecule has 1 saturated heterocycles. The van der Waals surface area contributed by atoms with Crippen LogP contribution in [0.4, 0.5) is 0 Å². The van der Waals surface area contributed by atoms with Gasteiger partial charge in [-0.1, -0.05) is 51.8 Å². The normalized spacial score (nSPS) is 24.4. The lowest BCUT2D eigenvalue weighted by Crippen LogP contribution is -2.54. The number of rotatable bonds is 2. The molecule has 1 unspecified atom stereocenters. The minimum absolute atomic E-state index is 0.0351. The Morgan fingerprint density at radius 1 is 1.10 bits per heavy atom. The first kappa shape index (κ1) is 20.9. The van der Waals surface area contributed by atoms with Gasteiger partial charge in [-0.05, 0) is 12.8 Å². The summed E-state index contributed by atoms with van der Waals surface area (Å²) < 4.78 is 1.70. The Morgan fingerprint density at radius 3 is 2.45 bits per heavy atom. The molecule has 3 heterocycles. The van der Waals surface area contributed by atoms with Crippen LogP contribution in [0.15, 0.2) is 16.0 Å². The van der Waals surface area contributed by atoms with Crippen molar-refractivity contribution in [1.82, 2.24) is 19.4 Å². The van der Waals surface area contributed by atoms with Crippen LogP contribution in [0.25, 0.3) is 0 Å². The van der Waals surface area contributed by atoms with Crippen LogP contribution in [0.1, 0.15) is 58.6 Å². The third-order valence-electron chi connectivity index (χ3n) is 6.62. The van der Waals surface area contributed by atoms with Crippen LogP contribution < -0.4 is 5.56 Å². The number of amides is 1. The van der Waals surface area contributed by atoms with Gasteiger partial charge in [0.05, 0.1) is 11.6 Å². The Hall–Kier alpha value is -1.34. The van der Waals surface area contributed by atoms with Gasteiger partial charge in [0.25, 0.3) is 5.56 Å². The lowest BCUT2D eigenvalue weighted by molar-refractivity contribution is -0.137. The van der Waals surface area contributed by atoms with Gasteiger partial charge in [-0.2, -0.15) is 0 Å². The number of carbonyl (C=O) groups excluding carboxylic acids is 1. The highest BCUT2D eigenvalue weighted by atomic mass is 32.2. The number of thioether (sulfide) groups is 1. The van der Waals surface area contributed by atoms with Gasteiger partial charge in [-0.25, -0.2) is 4.98 Å². The van der Waals surface area contributed by atoms with E-state index in [4.69, 9.17) is 4.98 Å². The molecule has 1 aromatic rings. The first-order chi connectivity index (χ1) is 13.8. The van der Waals surface area contributed by atoms with E-state index in [1.165, 1.54) is 32.1 Å². The van der Waals surface area contributed by atoms with Gasteiger partial charge in [0.15, 0.2) is 5.16 Å². The van der Waals surface area contributed by atoms with Crippen molar-refractivity contribution in [2.75, 3.05) is 31.9 Å². The van der Waals surface area contributed by atoms with E-state index in [0.717, 1.165) is 43.1 Å². The molecule has 6 nitrogen and oxygen atoms in total. The molecule has 1 atom stereocenters. The summed E-state index contributed by atoms with van der Waals surface area (Å²) in [6.07, 6.45) is 6.71. The van der Waals surface area contributed by atoms with Gasteiger partial charge in [0.1, 0.15) is 0 Å². The SMILES string of the molecule is CC(C)(C)c1cc(=O)n2c(n1)SCC(C(=O)N1CCN(C3CCCCC3)CC1)C2. The molecule has 0 bridgehead atoms. The van der Waals surface area contributed by atoms with Crippen molar-refractivity contribution in [2.24, 2.45) is 5.92 Å². The Labute approximate surface area is 178 Å². The molecular formula is C22H34N4O2S. The van der Waals surface area contributed by atoms with Crippen molar-refractivity contribution in [1.29, 1.82) is 0 Å². The molecule has 4 rings (SSSR count). The van der Waals surface area contributed by atoms with Gasteiger partial charge >= 0.3 is 0 Å². The van der Waals surface area contributed by atoms with Crippen LogP contribution in [-0.4, -0.2) is 63.2 Å². The quantitative estimate of drug-likeness (QED) is 0.691. The predicted molar refractivity (Wildman–Crippen MR) is 116 cm³/mol. The van der Waals surface area contributed by atoms with Crippen LogP contribution >= 0.6 is 11.8 Å². The summed E-state index contributed by atoms with van der Waals surface area (Å²) in [6, 6.07) is 2.36. The van der Waals surface area contributed by atoms with E-state index >= 15 is 0 Å². The molecule has 1 aliphatic carbocycles. The van der Waals surface area contributed by atoms with Gasteiger partial charge in [0.2, 0.25) is 5.91 Å². The number of hydrogen-bond acceptors (Lipinski definition) is 5. The molecule has 0 spiro atoms. The zero-order valence-corrected chi connectivity index (χ0v) is 18.8. The number of fused-ring (bicyclic) bond motifs is 1. The maximum absolute atomic E-state index is 13.1. The minimum atomic E-state index is -0.153. The van der Waals surface area contributed by atoms with E-state index in [9.17, 15) is 9.59 Å². The number of hydrogen-bond donors (Lipinski definition) is 0. The maximum atomic E-state index is 13.1. The third kappa shape index (κ3) is 4.55. The minimum Gasteiger partial charge on any atom is -0.340 e. The summed E-state index contributed by atoms with van der Waals surface area (Å²) in [5.41, 5.74) is 0.636. The van der Waals surface area contributed by atoms with Gasteiger partial charge in [-0.15, -0.1) is 0 Å². The zero-order valence-electron chi connectivity index (χ0n) is 18.0. The summed E-state index contributed by atoms with van der Waals surface area (Å²) in [5, 5.41) is 0.758. The Morgan fingerprint density at radius 2 is 1.79 bits per heavy atom. The average molecular weight is 419 g/mol. The standard InChI is InChI=1S/C22H34N4O2S/c1-22(2,3)18-13-19(27)26-14-16(15-29-21(26)23-18)20(28)25-11-9-24(10-12-25)17-7-5-4-6-8-17/h13,16-17H,4-12,14-15H2,1-3H3. The fraction of sp³-hybridized carbons (Fsp3) is 0.773. The lowest BCUT2D eigenvalue weighted by atomic mass is 9.92. The van der Waals surface area contributed by atoms with Crippen molar-refractivity contribution >= 4 is 17.7 Å². The van der Waals surface area contributed by atoms with Crippen LogP contribution in [0.3, 0.4) is 0 Å². The van der Waals surface area contributed by atoms with E-state index in [0.29, 0.717) is 12.3 Å². The smallest absolute Gasteiger partial charge is 0.254 e. The van der Waals surface area contributed by atoms with Crippen LogP contribution in [0.2, 0.25) is 0 Å². The maximum Gasteiger partial charge on any atom is 0.254 e. The highest BCUT2D eigenvalue weighted by Crippen LogP contribution is 2.29. The highest BCUT2D eigenvalue weighted by molar-refractivity contribution is 7.99. The topological polar surface area (TPSA) is 58.4 Å². The second-order valence-corrected chi connectivity index (χ2v) is 10.8. The van der Waals surface area contributed by atoms with Gasteiger partial charge < -0.3 is 4.90 Å². The van der Waals surface area contributed by atoms with E-state index < -0.39 is 0 Å². The number of carbonyl (C=O) groups is 1. The molecule has 1 aromatic heterocycles. The Bertz CT molecular complexity index is 802. The summed E-state index contributed by atoms with van der Waals surface area (Å²) in [6.45, 7) is 10.3. The largest absolute Gasteiger partial charge is 0.340 e. The van der Waals surface area contributed by atoms with Crippen molar-refractivity contribution in [2.45, 2.75) is 76.0 Å². The molecule has 1 saturated carbocycles. The second kappa shape index (κ2) is 8.42. The molecule has 7 heteroatoms. The summed E-state index contributed by atoms with van der Waals surface area (Å²) >= 11 is 1.55. The number of nitrogens with zero attached hydrogens (tertiary/aromatic N) is 4. The van der Waals surface area contributed by atoms with E-state index in [-0.39, 0.29) is 22.8 Å². The fourth-order valence-corrected chi connectivity index (χ4v) is 5.84. The van der Waals surface area contributed by atoms with E-state index in [1.54, 1.807) is 22.4 Å². The third-order valence-corrected chi connectivity index (χ3v) is 7.76. The molecule has 29 heavy (non-hydrogen) atoms.